The second-order valence-electron chi connectivity index (χ2n) is 4.17. The maximum absolute atomic E-state index is 12.0. The number of aryl methyl sites for hydroxylation is 1. The van der Waals surface area contributed by atoms with E-state index in [1.807, 2.05) is 25.1 Å². The lowest BCUT2D eigenvalue weighted by Gasteiger charge is -2.05. The average molecular weight is 246 g/mol. The third kappa shape index (κ3) is 1.74. The summed E-state index contributed by atoms with van der Waals surface area (Å²) < 4.78 is 7.37. The van der Waals surface area contributed by atoms with Crippen LogP contribution in [-0.4, -0.2) is 24.6 Å². The maximum atomic E-state index is 12.0. The molecule has 18 heavy (non-hydrogen) atoms. The summed E-state index contributed by atoms with van der Waals surface area (Å²) in [5.41, 5.74) is 2.77. The summed E-state index contributed by atoms with van der Waals surface area (Å²) in [4.78, 5) is 12.0. The molecular formula is C14H18N2O2. The Bertz CT molecular complexity index is 599. The third-order valence-corrected chi connectivity index (χ3v) is 3.30. The van der Waals surface area contributed by atoms with Crippen LogP contribution in [0.4, 0.5) is 0 Å². The minimum absolute atomic E-state index is 0.0464. The van der Waals surface area contributed by atoms with Gasteiger partial charge >= 0.3 is 0 Å². The highest BCUT2D eigenvalue weighted by atomic mass is 16.5. The van der Waals surface area contributed by atoms with Crippen LogP contribution in [0.15, 0.2) is 18.2 Å². The Labute approximate surface area is 107 Å². The molecule has 0 fully saturated rings. The number of hydrogen-bond donors (Lipinski definition) is 1. The number of rotatable bonds is 3. The standard InChI is InChI=1S/C14H18N2O2/c1-5-16-9(2)13(14(17)15-3)11-7-6-10(18-4)8-12(11)16/h6-8H,5H2,1-4H3,(H,15,17). The van der Waals surface area contributed by atoms with Crippen molar-refractivity contribution in [3.8, 4) is 5.75 Å². The van der Waals surface area contributed by atoms with Gasteiger partial charge in [-0.1, -0.05) is 0 Å². The Kier molecular flexibility index (Phi) is 3.28. The maximum Gasteiger partial charge on any atom is 0.253 e. The zero-order valence-electron chi connectivity index (χ0n) is 11.2. The highest BCUT2D eigenvalue weighted by Crippen LogP contribution is 2.29. The van der Waals surface area contributed by atoms with Crippen molar-refractivity contribution in [1.82, 2.24) is 9.88 Å². The first-order chi connectivity index (χ1) is 8.63. The predicted octanol–water partition coefficient (Wildman–Crippen LogP) is 2.34. The summed E-state index contributed by atoms with van der Waals surface area (Å²) in [7, 11) is 3.30. The number of amides is 1. The Morgan fingerprint density at radius 3 is 2.72 bits per heavy atom. The molecule has 0 aliphatic rings. The fraction of sp³-hybridized carbons (Fsp3) is 0.357. The molecular weight excluding hydrogens is 228 g/mol. The van der Waals surface area contributed by atoms with Crippen molar-refractivity contribution >= 4 is 16.8 Å². The molecule has 1 aromatic carbocycles. The van der Waals surface area contributed by atoms with Gasteiger partial charge < -0.3 is 14.6 Å². The second kappa shape index (κ2) is 4.72. The van der Waals surface area contributed by atoms with Crippen molar-refractivity contribution in [2.45, 2.75) is 20.4 Å². The number of aromatic nitrogens is 1. The summed E-state index contributed by atoms with van der Waals surface area (Å²) in [5, 5.41) is 3.66. The summed E-state index contributed by atoms with van der Waals surface area (Å²) >= 11 is 0. The molecule has 0 bridgehead atoms. The smallest absolute Gasteiger partial charge is 0.253 e. The Morgan fingerprint density at radius 1 is 1.44 bits per heavy atom. The minimum Gasteiger partial charge on any atom is -0.497 e. The summed E-state index contributed by atoms with van der Waals surface area (Å²) in [6, 6.07) is 5.80. The van der Waals surface area contributed by atoms with Gasteiger partial charge in [0.25, 0.3) is 5.91 Å². The molecule has 0 aliphatic heterocycles. The number of ether oxygens (including phenoxy) is 1. The van der Waals surface area contributed by atoms with Gasteiger partial charge in [0, 0.05) is 30.7 Å². The topological polar surface area (TPSA) is 43.3 Å². The molecule has 96 valence electrons. The van der Waals surface area contributed by atoms with Gasteiger partial charge in [-0.25, -0.2) is 0 Å². The van der Waals surface area contributed by atoms with Gasteiger partial charge in [-0.05, 0) is 26.0 Å². The Morgan fingerprint density at radius 2 is 2.17 bits per heavy atom. The summed E-state index contributed by atoms with van der Waals surface area (Å²) in [6.07, 6.45) is 0. The monoisotopic (exact) mass is 246 g/mol. The number of nitrogens with one attached hydrogen (secondary N) is 1. The lowest BCUT2D eigenvalue weighted by molar-refractivity contribution is 0.0964. The lowest BCUT2D eigenvalue weighted by atomic mass is 10.1. The molecule has 1 amide bonds. The van der Waals surface area contributed by atoms with Crippen molar-refractivity contribution in [2.75, 3.05) is 14.2 Å². The highest BCUT2D eigenvalue weighted by molar-refractivity contribution is 6.08. The van der Waals surface area contributed by atoms with Crippen LogP contribution in [0.2, 0.25) is 0 Å². The first-order valence-electron chi connectivity index (χ1n) is 6.03. The molecule has 1 aromatic heterocycles. The van der Waals surface area contributed by atoms with E-state index in [0.29, 0.717) is 0 Å². The van der Waals surface area contributed by atoms with Crippen molar-refractivity contribution < 1.29 is 9.53 Å². The van der Waals surface area contributed by atoms with E-state index in [0.717, 1.165) is 34.5 Å². The van der Waals surface area contributed by atoms with E-state index in [1.165, 1.54) is 0 Å². The first-order valence-corrected chi connectivity index (χ1v) is 6.03. The fourth-order valence-corrected chi connectivity index (χ4v) is 2.40. The van der Waals surface area contributed by atoms with E-state index < -0.39 is 0 Å². The van der Waals surface area contributed by atoms with Crippen LogP contribution in [0, 0.1) is 6.92 Å². The summed E-state index contributed by atoms with van der Waals surface area (Å²) in [6.45, 7) is 4.87. The molecule has 1 heterocycles. The van der Waals surface area contributed by atoms with Crippen LogP contribution in [0.1, 0.15) is 23.0 Å². The van der Waals surface area contributed by atoms with Gasteiger partial charge in [-0.3, -0.25) is 4.79 Å². The normalized spacial score (nSPS) is 10.7. The molecule has 1 N–H and O–H groups in total. The SMILES string of the molecule is CCn1c(C)c(C(=O)NC)c2ccc(OC)cc21. The van der Waals surface area contributed by atoms with Crippen LogP contribution >= 0.6 is 0 Å². The Hall–Kier alpha value is -1.97. The van der Waals surface area contributed by atoms with Gasteiger partial charge in [-0.15, -0.1) is 0 Å². The number of benzene rings is 1. The second-order valence-corrected chi connectivity index (χ2v) is 4.17. The van der Waals surface area contributed by atoms with Gasteiger partial charge in [0.1, 0.15) is 5.75 Å². The van der Waals surface area contributed by atoms with E-state index in [1.54, 1.807) is 14.2 Å². The van der Waals surface area contributed by atoms with E-state index in [9.17, 15) is 4.79 Å². The number of nitrogens with zero attached hydrogens (tertiary/aromatic N) is 1. The number of fused-ring (bicyclic) bond motifs is 1. The van der Waals surface area contributed by atoms with Crippen LogP contribution in [0.3, 0.4) is 0 Å². The van der Waals surface area contributed by atoms with Gasteiger partial charge in [0.15, 0.2) is 0 Å². The first kappa shape index (κ1) is 12.5. The van der Waals surface area contributed by atoms with Crippen molar-refractivity contribution in [2.24, 2.45) is 0 Å². The van der Waals surface area contributed by atoms with Crippen molar-refractivity contribution in [1.29, 1.82) is 0 Å². The zero-order chi connectivity index (χ0) is 13.3. The molecule has 0 atom stereocenters. The molecule has 0 unspecified atom stereocenters. The van der Waals surface area contributed by atoms with Gasteiger partial charge in [0.2, 0.25) is 0 Å². The predicted molar refractivity (Wildman–Crippen MR) is 72.3 cm³/mol. The van der Waals surface area contributed by atoms with Crippen molar-refractivity contribution in [3.05, 3.63) is 29.5 Å². The third-order valence-electron chi connectivity index (χ3n) is 3.30. The van der Waals surface area contributed by atoms with E-state index in [-0.39, 0.29) is 5.91 Å². The molecule has 0 spiro atoms. The van der Waals surface area contributed by atoms with Crippen LogP contribution in [-0.2, 0) is 6.54 Å². The largest absolute Gasteiger partial charge is 0.497 e. The summed E-state index contributed by atoms with van der Waals surface area (Å²) in [5.74, 6) is 0.757. The van der Waals surface area contributed by atoms with Crippen LogP contribution in [0.25, 0.3) is 10.9 Å². The number of carbonyl (C=O) groups is 1. The van der Waals surface area contributed by atoms with Crippen molar-refractivity contribution in [3.63, 3.8) is 0 Å². The highest BCUT2D eigenvalue weighted by Gasteiger charge is 2.18. The molecule has 0 radical (unpaired) electrons. The zero-order valence-corrected chi connectivity index (χ0v) is 11.2. The van der Waals surface area contributed by atoms with E-state index >= 15 is 0 Å². The number of hydrogen-bond acceptors (Lipinski definition) is 2. The van der Waals surface area contributed by atoms with E-state index in [2.05, 4.69) is 16.8 Å². The number of carbonyl (C=O) groups excluding carboxylic acids is 1. The van der Waals surface area contributed by atoms with Crippen LogP contribution < -0.4 is 10.1 Å². The molecule has 4 nitrogen and oxygen atoms in total. The van der Waals surface area contributed by atoms with Crippen LogP contribution in [0.5, 0.6) is 5.75 Å². The molecule has 0 saturated heterocycles. The lowest BCUT2D eigenvalue weighted by Crippen LogP contribution is -2.18. The van der Waals surface area contributed by atoms with Gasteiger partial charge in [0.05, 0.1) is 18.2 Å². The molecule has 0 saturated carbocycles. The quantitative estimate of drug-likeness (QED) is 0.903. The minimum atomic E-state index is -0.0464. The van der Waals surface area contributed by atoms with Gasteiger partial charge in [-0.2, -0.15) is 0 Å². The Balaban J connectivity index is 2.79. The molecule has 2 rings (SSSR count). The number of methoxy groups -OCH3 is 1. The van der Waals surface area contributed by atoms with E-state index in [4.69, 9.17) is 4.74 Å². The fourth-order valence-electron chi connectivity index (χ4n) is 2.40. The molecule has 2 aromatic rings. The average Bonchev–Trinajstić information content (AvgIpc) is 2.68. The molecule has 0 aliphatic carbocycles. The molecule has 4 heteroatoms.